The molecule has 0 bridgehead atoms. The number of piperidine rings is 1. The molecule has 3 fully saturated rings. The van der Waals surface area contributed by atoms with Gasteiger partial charge in [0.15, 0.2) is 5.13 Å². The van der Waals surface area contributed by atoms with Crippen LogP contribution in [0.1, 0.15) is 40.4 Å². The number of aromatic carboxylic acids is 1. The normalized spacial score (nSPS) is 21.7. The summed E-state index contributed by atoms with van der Waals surface area (Å²) in [5, 5.41) is 17.6. The number of aromatic nitrogens is 3. The molecule has 11 heteroatoms. The molecule has 0 amide bonds. The van der Waals surface area contributed by atoms with Crippen molar-refractivity contribution in [3.8, 4) is 28.3 Å². The number of benzene rings is 1. The molecular formula is C29H24Cl2N4O4S. The maximum absolute atomic E-state index is 11.5. The molecule has 1 N–H and O–H groups in total. The molecule has 2 atom stereocenters. The van der Waals surface area contributed by atoms with Gasteiger partial charge in [-0.2, -0.15) is 0 Å². The number of carbonyl (C=O) groups is 1. The van der Waals surface area contributed by atoms with Gasteiger partial charge in [-0.25, -0.2) is 9.78 Å². The Morgan fingerprint density at radius 3 is 2.60 bits per heavy atom. The van der Waals surface area contributed by atoms with Crippen LogP contribution in [-0.4, -0.2) is 46.4 Å². The van der Waals surface area contributed by atoms with Crippen molar-refractivity contribution in [2.75, 3.05) is 25.1 Å². The summed E-state index contributed by atoms with van der Waals surface area (Å²) in [7, 11) is 1.53. The van der Waals surface area contributed by atoms with E-state index in [-0.39, 0.29) is 5.56 Å². The van der Waals surface area contributed by atoms with Gasteiger partial charge in [0.1, 0.15) is 17.2 Å². The molecular weight excluding hydrogens is 571 g/mol. The summed E-state index contributed by atoms with van der Waals surface area (Å²) in [6.45, 7) is 1.86. The van der Waals surface area contributed by atoms with Gasteiger partial charge in [-0.3, -0.25) is 4.98 Å². The van der Waals surface area contributed by atoms with Crippen LogP contribution in [0.5, 0.6) is 5.75 Å². The first kappa shape index (κ1) is 25.6. The minimum absolute atomic E-state index is 0.176. The van der Waals surface area contributed by atoms with Crippen molar-refractivity contribution < 1.29 is 19.2 Å². The summed E-state index contributed by atoms with van der Waals surface area (Å²) in [5.41, 5.74) is 3.94. The SMILES string of the molecule is COc1cc(C(=O)O)cc(-c2csc(N3CC4C(C=Cc5c(-c6c(Cl)cncc6Cl)noc5C5CC5)C4C3)n2)c1. The van der Waals surface area contributed by atoms with Crippen LogP contribution in [-0.2, 0) is 0 Å². The molecule has 4 heterocycles. The number of allylic oxidation sites excluding steroid dienone is 1. The average Bonchev–Trinajstić information content (AvgIpc) is 3.68. The molecule has 2 unspecified atom stereocenters. The number of methoxy groups -OCH3 is 1. The predicted molar refractivity (Wildman–Crippen MR) is 155 cm³/mol. The van der Waals surface area contributed by atoms with E-state index >= 15 is 0 Å². The Bertz CT molecular complexity index is 1630. The second-order valence-corrected chi connectivity index (χ2v) is 12.2. The van der Waals surface area contributed by atoms with E-state index < -0.39 is 5.97 Å². The van der Waals surface area contributed by atoms with Crippen LogP contribution in [0.15, 0.2) is 46.6 Å². The van der Waals surface area contributed by atoms with Crippen molar-refractivity contribution in [2.24, 2.45) is 17.8 Å². The van der Waals surface area contributed by atoms with Gasteiger partial charge in [0.25, 0.3) is 0 Å². The first-order valence-electron chi connectivity index (χ1n) is 13.0. The third kappa shape index (κ3) is 4.56. The monoisotopic (exact) mass is 594 g/mol. The number of rotatable bonds is 8. The molecule has 3 aromatic heterocycles. The number of nitrogens with zero attached hydrogens (tertiary/aromatic N) is 4. The van der Waals surface area contributed by atoms with Gasteiger partial charge in [-0.15, -0.1) is 11.3 Å². The second-order valence-electron chi connectivity index (χ2n) is 10.5. The van der Waals surface area contributed by atoms with E-state index in [1.807, 2.05) is 11.4 Å². The maximum Gasteiger partial charge on any atom is 0.335 e. The van der Waals surface area contributed by atoms with E-state index in [0.29, 0.717) is 50.7 Å². The van der Waals surface area contributed by atoms with Crippen LogP contribution in [0.3, 0.4) is 0 Å². The van der Waals surface area contributed by atoms with Crippen LogP contribution in [0, 0.1) is 17.8 Å². The summed E-state index contributed by atoms with van der Waals surface area (Å²) in [6, 6.07) is 4.96. The highest BCUT2D eigenvalue weighted by Gasteiger charge is 2.54. The minimum atomic E-state index is -0.996. The number of hydrogen-bond donors (Lipinski definition) is 1. The Hall–Kier alpha value is -3.40. The Balaban J connectivity index is 1.07. The number of pyridine rings is 1. The minimum Gasteiger partial charge on any atom is -0.497 e. The molecule has 3 aliphatic rings. The fourth-order valence-electron chi connectivity index (χ4n) is 5.68. The molecule has 2 saturated carbocycles. The molecule has 1 aromatic carbocycles. The van der Waals surface area contributed by atoms with Gasteiger partial charge in [0.05, 0.1) is 28.4 Å². The van der Waals surface area contributed by atoms with E-state index in [2.05, 4.69) is 27.2 Å². The second kappa shape index (κ2) is 9.90. The predicted octanol–water partition coefficient (Wildman–Crippen LogP) is 7.15. The van der Waals surface area contributed by atoms with Crippen molar-refractivity contribution >= 4 is 51.7 Å². The van der Waals surface area contributed by atoms with E-state index in [0.717, 1.165) is 53.6 Å². The Morgan fingerprint density at radius 2 is 1.93 bits per heavy atom. The molecule has 0 spiro atoms. The third-order valence-electron chi connectivity index (χ3n) is 7.99. The highest BCUT2D eigenvalue weighted by Crippen LogP contribution is 2.54. The molecule has 7 rings (SSSR count). The molecule has 4 aromatic rings. The lowest BCUT2D eigenvalue weighted by molar-refractivity contribution is 0.0696. The van der Waals surface area contributed by atoms with Gasteiger partial charge < -0.3 is 19.3 Å². The van der Waals surface area contributed by atoms with Gasteiger partial charge in [0, 0.05) is 53.5 Å². The summed E-state index contributed by atoms with van der Waals surface area (Å²) in [5.74, 6) is 2.39. The number of halogens is 2. The van der Waals surface area contributed by atoms with Crippen LogP contribution < -0.4 is 9.64 Å². The van der Waals surface area contributed by atoms with Crippen LogP contribution >= 0.6 is 34.5 Å². The molecule has 204 valence electrons. The number of fused-ring (bicyclic) bond motifs is 1. The largest absolute Gasteiger partial charge is 0.497 e. The van der Waals surface area contributed by atoms with Crippen molar-refractivity contribution in [1.29, 1.82) is 0 Å². The van der Waals surface area contributed by atoms with Crippen molar-refractivity contribution in [3.63, 3.8) is 0 Å². The number of thiazole rings is 1. The summed E-state index contributed by atoms with van der Waals surface area (Å²) < 4.78 is 11.1. The quantitative estimate of drug-likeness (QED) is 0.229. The lowest BCUT2D eigenvalue weighted by Gasteiger charge is -2.17. The summed E-state index contributed by atoms with van der Waals surface area (Å²) >= 11 is 14.5. The van der Waals surface area contributed by atoms with Gasteiger partial charge in [-0.1, -0.05) is 40.5 Å². The lowest BCUT2D eigenvalue weighted by atomic mass is 10.0. The van der Waals surface area contributed by atoms with Crippen LogP contribution in [0.25, 0.3) is 28.6 Å². The Morgan fingerprint density at radius 1 is 1.18 bits per heavy atom. The van der Waals surface area contributed by atoms with E-state index in [1.165, 1.54) is 13.2 Å². The summed E-state index contributed by atoms with van der Waals surface area (Å²) in [6.07, 6.45) is 9.77. The standard InChI is InChI=1S/C29H24Cl2N4O4S/c1-38-17-7-15(6-16(8-17)28(36)37)24-13-40-29(33-24)35-11-20-18(21(20)12-35)4-5-19-26(34-39-27(19)14-2-3-14)25-22(30)9-32-10-23(25)31/h4-10,13-14,18,20-21H,2-3,11-12H2,1H3,(H,36,37). The van der Waals surface area contributed by atoms with E-state index in [4.69, 9.17) is 37.4 Å². The smallest absolute Gasteiger partial charge is 0.335 e. The van der Waals surface area contributed by atoms with E-state index in [9.17, 15) is 9.90 Å². The fourth-order valence-corrected chi connectivity index (χ4v) is 7.08. The van der Waals surface area contributed by atoms with E-state index in [1.54, 1.807) is 29.8 Å². The highest BCUT2D eigenvalue weighted by atomic mass is 35.5. The van der Waals surface area contributed by atoms with Crippen LogP contribution in [0.2, 0.25) is 10.0 Å². The van der Waals surface area contributed by atoms with Crippen molar-refractivity contribution in [3.05, 3.63) is 69.0 Å². The fraction of sp³-hybridized carbons (Fsp3) is 0.310. The average molecular weight is 596 g/mol. The first-order valence-corrected chi connectivity index (χ1v) is 14.6. The zero-order valence-corrected chi connectivity index (χ0v) is 23.7. The highest BCUT2D eigenvalue weighted by molar-refractivity contribution is 7.14. The Labute approximate surface area is 244 Å². The molecule has 8 nitrogen and oxygen atoms in total. The number of ether oxygens (including phenoxy) is 1. The van der Waals surface area contributed by atoms with Gasteiger partial charge >= 0.3 is 5.97 Å². The third-order valence-corrected chi connectivity index (χ3v) is 9.46. The summed E-state index contributed by atoms with van der Waals surface area (Å²) in [4.78, 5) is 22.8. The lowest BCUT2D eigenvalue weighted by Crippen LogP contribution is -2.23. The molecule has 40 heavy (non-hydrogen) atoms. The number of carboxylic acids is 1. The number of anilines is 1. The molecule has 2 aliphatic carbocycles. The Kier molecular flexibility index (Phi) is 6.33. The molecule has 0 radical (unpaired) electrons. The van der Waals surface area contributed by atoms with Gasteiger partial charge in [-0.05, 0) is 48.8 Å². The zero-order chi connectivity index (χ0) is 27.5. The number of hydrogen-bond acceptors (Lipinski definition) is 8. The van der Waals surface area contributed by atoms with Gasteiger partial charge in [0.2, 0.25) is 0 Å². The van der Waals surface area contributed by atoms with Crippen molar-refractivity contribution in [1.82, 2.24) is 15.1 Å². The van der Waals surface area contributed by atoms with Crippen molar-refractivity contribution in [2.45, 2.75) is 18.8 Å². The first-order chi connectivity index (χ1) is 19.4. The zero-order valence-electron chi connectivity index (χ0n) is 21.4. The molecule has 1 aliphatic heterocycles. The number of carboxylic acid groups (broad SMARTS) is 1. The molecule has 1 saturated heterocycles. The van der Waals surface area contributed by atoms with Crippen LogP contribution in [0.4, 0.5) is 5.13 Å². The maximum atomic E-state index is 11.5. The topological polar surface area (TPSA) is 102 Å².